The Kier molecular flexibility index (Phi) is 12.7. The van der Waals surface area contributed by atoms with Crippen molar-refractivity contribution in [1.82, 2.24) is 0 Å². The largest absolute Gasteiger partial charge is 0.104 e. The molecule has 0 spiro atoms. The summed E-state index contributed by atoms with van der Waals surface area (Å²) in [5.41, 5.74) is 0. The molecule has 86 valence electrons. The smallest absolute Gasteiger partial charge is 0.00886 e. The molecule has 0 fully saturated rings. The van der Waals surface area contributed by atoms with Crippen LogP contribution in [0.2, 0.25) is 0 Å². The summed E-state index contributed by atoms with van der Waals surface area (Å²) in [5.74, 6) is 6.31. The molecule has 0 aliphatic heterocycles. The highest BCUT2D eigenvalue weighted by Crippen LogP contribution is 2.09. The maximum absolute atomic E-state index is 3.73. The topological polar surface area (TPSA) is 0 Å². The average molecular weight is 206 g/mol. The summed E-state index contributed by atoms with van der Waals surface area (Å²) in [5, 5.41) is 0. The van der Waals surface area contributed by atoms with E-state index in [2.05, 4.69) is 25.3 Å². The maximum atomic E-state index is 3.73. The lowest BCUT2D eigenvalue weighted by Gasteiger charge is -1.99. The lowest BCUT2D eigenvalue weighted by atomic mass is 10.1. The Hall–Kier alpha value is -0.700. The minimum Gasteiger partial charge on any atom is -0.104 e. The van der Waals surface area contributed by atoms with Gasteiger partial charge >= 0.3 is 0 Å². The first kappa shape index (κ1) is 14.3. The summed E-state index contributed by atoms with van der Waals surface area (Å²) >= 11 is 0. The lowest BCUT2D eigenvalue weighted by molar-refractivity contribution is 0.585. The standard InChI is InChI=1S/C15H26/c1-3-5-7-9-11-13-15-14-12-10-8-6-4-2/h3H,1,4-5,7,9-15H2,2H3. The van der Waals surface area contributed by atoms with Gasteiger partial charge in [0, 0.05) is 12.8 Å². The predicted molar refractivity (Wildman–Crippen MR) is 69.8 cm³/mol. The molecular formula is C15H26. The van der Waals surface area contributed by atoms with Crippen LogP contribution in [0, 0.1) is 11.8 Å². The number of hydrogen-bond donors (Lipinski definition) is 0. The first-order valence-electron chi connectivity index (χ1n) is 6.48. The van der Waals surface area contributed by atoms with Crippen LogP contribution in [0.1, 0.15) is 71.1 Å². The van der Waals surface area contributed by atoms with E-state index in [1.807, 2.05) is 6.08 Å². The van der Waals surface area contributed by atoms with Crippen molar-refractivity contribution in [2.24, 2.45) is 0 Å². The Morgan fingerprint density at radius 3 is 2.07 bits per heavy atom. The SMILES string of the molecule is C=CCCCCCCCCCC#CCC. The molecule has 0 aromatic carbocycles. The molecule has 0 bridgehead atoms. The second kappa shape index (κ2) is 13.3. The van der Waals surface area contributed by atoms with Crippen LogP contribution in [0.3, 0.4) is 0 Å². The molecule has 0 heterocycles. The molecule has 0 aromatic rings. The summed E-state index contributed by atoms with van der Waals surface area (Å²) in [6.45, 7) is 5.84. The quantitative estimate of drug-likeness (QED) is 0.280. The first-order valence-corrected chi connectivity index (χ1v) is 6.48. The van der Waals surface area contributed by atoms with Gasteiger partial charge in [0.2, 0.25) is 0 Å². The highest BCUT2D eigenvalue weighted by Gasteiger charge is 1.90. The third-order valence-electron chi connectivity index (χ3n) is 2.51. The third kappa shape index (κ3) is 13.3. The lowest BCUT2D eigenvalue weighted by Crippen LogP contribution is -1.80. The molecule has 0 heteroatoms. The van der Waals surface area contributed by atoms with Crippen molar-refractivity contribution in [2.75, 3.05) is 0 Å². The zero-order valence-electron chi connectivity index (χ0n) is 10.4. The van der Waals surface area contributed by atoms with Crippen molar-refractivity contribution in [3.63, 3.8) is 0 Å². The summed E-state index contributed by atoms with van der Waals surface area (Å²) < 4.78 is 0. The van der Waals surface area contributed by atoms with Crippen molar-refractivity contribution in [2.45, 2.75) is 71.1 Å². The van der Waals surface area contributed by atoms with Crippen molar-refractivity contribution >= 4 is 0 Å². The summed E-state index contributed by atoms with van der Waals surface area (Å²) in [4.78, 5) is 0. The highest BCUT2D eigenvalue weighted by atomic mass is 14.0. The molecule has 15 heavy (non-hydrogen) atoms. The molecule has 0 aliphatic rings. The number of allylic oxidation sites excluding steroid dienone is 1. The average Bonchev–Trinajstić information content (AvgIpc) is 2.26. The first-order chi connectivity index (χ1) is 7.41. The monoisotopic (exact) mass is 206 g/mol. The molecular weight excluding hydrogens is 180 g/mol. The fourth-order valence-corrected chi connectivity index (χ4v) is 1.60. The molecule has 0 atom stereocenters. The Morgan fingerprint density at radius 1 is 0.867 bits per heavy atom. The van der Waals surface area contributed by atoms with Gasteiger partial charge in [-0.05, 0) is 19.3 Å². The number of unbranched alkanes of at least 4 members (excludes halogenated alkanes) is 8. The van der Waals surface area contributed by atoms with Gasteiger partial charge in [0.25, 0.3) is 0 Å². The Labute approximate surface area is 96.2 Å². The van der Waals surface area contributed by atoms with E-state index in [-0.39, 0.29) is 0 Å². The molecule has 0 amide bonds. The molecule has 0 saturated carbocycles. The zero-order valence-corrected chi connectivity index (χ0v) is 10.4. The van der Waals surface area contributed by atoms with Crippen molar-refractivity contribution < 1.29 is 0 Å². The van der Waals surface area contributed by atoms with Gasteiger partial charge < -0.3 is 0 Å². The molecule has 0 saturated heterocycles. The van der Waals surface area contributed by atoms with E-state index in [0.717, 1.165) is 12.8 Å². The van der Waals surface area contributed by atoms with Crippen molar-refractivity contribution in [1.29, 1.82) is 0 Å². The van der Waals surface area contributed by atoms with E-state index in [1.165, 1.54) is 51.4 Å². The van der Waals surface area contributed by atoms with Crippen LogP contribution in [0.5, 0.6) is 0 Å². The Balaban J connectivity index is 2.95. The summed E-state index contributed by atoms with van der Waals surface area (Å²) in [6.07, 6.45) is 14.9. The second-order valence-corrected chi connectivity index (χ2v) is 4.01. The predicted octanol–water partition coefficient (Wildman–Crippen LogP) is 5.10. The van der Waals surface area contributed by atoms with E-state index >= 15 is 0 Å². The van der Waals surface area contributed by atoms with Gasteiger partial charge in [0.15, 0.2) is 0 Å². The van der Waals surface area contributed by atoms with E-state index in [9.17, 15) is 0 Å². The molecule has 0 aliphatic carbocycles. The molecule has 0 nitrogen and oxygen atoms in total. The van der Waals surface area contributed by atoms with Gasteiger partial charge in [0.05, 0.1) is 0 Å². The minimum atomic E-state index is 1.00. The van der Waals surface area contributed by atoms with Gasteiger partial charge in [0.1, 0.15) is 0 Å². The zero-order chi connectivity index (χ0) is 11.2. The highest BCUT2D eigenvalue weighted by molar-refractivity contribution is 4.97. The van der Waals surface area contributed by atoms with Crippen LogP contribution in [0.15, 0.2) is 12.7 Å². The maximum Gasteiger partial charge on any atom is 0.00886 e. The van der Waals surface area contributed by atoms with Gasteiger partial charge in [-0.25, -0.2) is 0 Å². The third-order valence-corrected chi connectivity index (χ3v) is 2.51. The molecule has 0 unspecified atom stereocenters. The van der Waals surface area contributed by atoms with Gasteiger partial charge in [-0.1, -0.05) is 45.1 Å². The molecule has 0 radical (unpaired) electrons. The van der Waals surface area contributed by atoms with E-state index in [1.54, 1.807) is 0 Å². The van der Waals surface area contributed by atoms with Crippen LogP contribution in [0.4, 0.5) is 0 Å². The van der Waals surface area contributed by atoms with Crippen LogP contribution in [-0.2, 0) is 0 Å². The second-order valence-electron chi connectivity index (χ2n) is 4.01. The molecule has 0 rings (SSSR count). The van der Waals surface area contributed by atoms with Gasteiger partial charge in [-0.3, -0.25) is 0 Å². The van der Waals surface area contributed by atoms with Gasteiger partial charge in [-0.15, -0.1) is 18.4 Å². The number of rotatable bonds is 9. The van der Waals surface area contributed by atoms with Crippen LogP contribution in [0.25, 0.3) is 0 Å². The van der Waals surface area contributed by atoms with Crippen LogP contribution < -0.4 is 0 Å². The fourth-order valence-electron chi connectivity index (χ4n) is 1.60. The van der Waals surface area contributed by atoms with Crippen molar-refractivity contribution in [3.8, 4) is 11.8 Å². The van der Waals surface area contributed by atoms with Crippen molar-refractivity contribution in [3.05, 3.63) is 12.7 Å². The Morgan fingerprint density at radius 2 is 1.47 bits per heavy atom. The van der Waals surface area contributed by atoms with E-state index in [0.29, 0.717) is 0 Å². The van der Waals surface area contributed by atoms with Crippen LogP contribution >= 0.6 is 0 Å². The summed E-state index contributed by atoms with van der Waals surface area (Å²) in [6, 6.07) is 0. The summed E-state index contributed by atoms with van der Waals surface area (Å²) in [7, 11) is 0. The minimum absolute atomic E-state index is 1.00. The normalized spacial score (nSPS) is 9.40. The number of hydrogen-bond acceptors (Lipinski definition) is 0. The van der Waals surface area contributed by atoms with Crippen LogP contribution in [-0.4, -0.2) is 0 Å². The fraction of sp³-hybridized carbons (Fsp3) is 0.733. The molecule has 0 N–H and O–H groups in total. The van der Waals surface area contributed by atoms with E-state index in [4.69, 9.17) is 0 Å². The van der Waals surface area contributed by atoms with Gasteiger partial charge in [-0.2, -0.15) is 0 Å². The molecule has 0 aromatic heterocycles. The van der Waals surface area contributed by atoms with E-state index < -0.39 is 0 Å². The Bertz CT molecular complexity index is 180.